The van der Waals surface area contributed by atoms with Crippen molar-refractivity contribution in [3.8, 4) is 0 Å². The van der Waals surface area contributed by atoms with Crippen LogP contribution in [0.1, 0.15) is 18.4 Å². The molecule has 0 aromatic heterocycles. The minimum atomic E-state index is -3.86. The molecule has 1 saturated carbocycles. The monoisotopic (exact) mass is 299 g/mol. The molecule has 5 nitrogen and oxygen atoms in total. The summed E-state index contributed by atoms with van der Waals surface area (Å²) in [4.78, 5) is 9.93. The third-order valence-corrected chi connectivity index (χ3v) is 4.38. The summed E-state index contributed by atoms with van der Waals surface area (Å²) in [6.07, 6.45) is 4.03. The second kappa shape index (κ2) is 5.72. The summed E-state index contributed by atoms with van der Waals surface area (Å²) < 4.78 is 40.0. The summed E-state index contributed by atoms with van der Waals surface area (Å²) in [5.74, 6) is -1.71. The quantitative estimate of drug-likeness (QED) is 0.782. The maximum absolute atomic E-state index is 13.8. The first-order valence-corrected chi connectivity index (χ1v) is 7.57. The standard InChI is InChI=1S/C13H14FNO4S/c14-11-7-9(4-6-13(16)17)3-5-12(11)20(18,19)15-8-10-1-2-10/h3-7,10,15H,1-2,8H2,(H,16,17)/b6-4+. The lowest BCUT2D eigenvalue weighted by Crippen LogP contribution is -2.26. The zero-order chi connectivity index (χ0) is 14.8. The van der Waals surface area contributed by atoms with E-state index in [0.29, 0.717) is 12.5 Å². The highest BCUT2D eigenvalue weighted by Gasteiger charge is 2.25. The van der Waals surface area contributed by atoms with Gasteiger partial charge in [-0.2, -0.15) is 0 Å². The molecule has 0 saturated heterocycles. The largest absolute Gasteiger partial charge is 0.478 e. The fourth-order valence-electron chi connectivity index (χ4n) is 1.63. The number of carboxylic acids is 1. The summed E-state index contributed by atoms with van der Waals surface area (Å²) in [6, 6.07) is 3.48. The van der Waals surface area contributed by atoms with E-state index in [4.69, 9.17) is 5.11 Å². The highest BCUT2D eigenvalue weighted by molar-refractivity contribution is 7.89. The van der Waals surface area contributed by atoms with Crippen molar-refractivity contribution in [3.05, 3.63) is 35.7 Å². The van der Waals surface area contributed by atoms with Gasteiger partial charge in [0.2, 0.25) is 10.0 Å². The summed E-state index contributed by atoms with van der Waals surface area (Å²) >= 11 is 0. The van der Waals surface area contributed by atoms with Crippen LogP contribution >= 0.6 is 0 Å². The van der Waals surface area contributed by atoms with Gasteiger partial charge in [0.05, 0.1) is 0 Å². The number of nitrogens with one attached hydrogen (secondary N) is 1. The van der Waals surface area contributed by atoms with E-state index in [1.165, 1.54) is 12.1 Å². The van der Waals surface area contributed by atoms with Crippen LogP contribution in [-0.2, 0) is 14.8 Å². The van der Waals surface area contributed by atoms with E-state index in [-0.39, 0.29) is 5.56 Å². The molecule has 1 aromatic rings. The lowest BCUT2D eigenvalue weighted by atomic mass is 10.2. The predicted molar refractivity (Wildman–Crippen MR) is 71.0 cm³/mol. The fraction of sp³-hybridized carbons (Fsp3) is 0.308. The Morgan fingerprint density at radius 3 is 2.70 bits per heavy atom. The highest BCUT2D eigenvalue weighted by atomic mass is 32.2. The number of carboxylic acid groups (broad SMARTS) is 1. The first kappa shape index (κ1) is 14.7. The van der Waals surface area contributed by atoms with Gasteiger partial charge in [-0.25, -0.2) is 22.3 Å². The van der Waals surface area contributed by atoms with Gasteiger partial charge in [0.1, 0.15) is 10.7 Å². The molecule has 0 unspecified atom stereocenters. The van der Waals surface area contributed by atoms with Crippen LogP contribution in [0.15, 0.2) is 29.2 Å². The van der Waals surface area contributed by atoms with E-state index in [1.807, 2.05) is 0 Å². The molecule has 1 fully saturated rings. The topological polar surface area (TPSA) is 83.5 Å². The molecule has 0 bridgehead atoms. The molecule has 108 valence electrons. The van der Waals surface area contributed by atoms with E-state index in [2.05, 4.69) is 4.72 Å². The molecule has 1 aliphatic carbocycles. The summed E-state index contributed by atoms with van der Waals surface area (Å²) in [6.45, 7) is 0.322. The first-order chi connectivity index (χ1) is 9.38. The van der Waals surface area contributed by atoms with E-state index in [0.717, 1.165) is 31.1 Å². The number of halogens is 1. The fourth-order valence-corrected chi connectivity index (χ4v) is 2.81. The second-order valence-electron chi connectivity index (χ2n) is 4.66. The number of aliphatic carboxylic acids is 1. The molecule has 2 rings (SSSR count). The van der Waals surface area contributed by atoms with Crippen LogP contribution < -0.4 is 4.72 Å². The Kier molecular flexibility index (Phi) is 4.20. The van der Waals surface area contributed by atoms with Crippen molar-refractivity contribution < 1.29 is 22.7 Å². The third kappa shape index (κ3) is 3.88. The number of sulfonamides is 1. The van der Waals surface area contributed by atoms with Gasteiger partial charge >= 0.3 is 5.97 Å². The predicted octanol–water partition coefficient (Wildman–Crippen LogP) is 1.61. The van der Waals surface area contributed by atoms with Crippen molar-refractivity contribution >= 4 is 22.1 Å². The molecule has 1 aliphatic rings. The highest BCUT2D eigenvalue weighted by Crippen LogP contribution is 2.28. The normalized spacial score (nSPS) is 15.7. The van der Waals surface area contributed by atoms with Gasteiger partial charge in [0.15, 0.2) is 0 Å². The molecule has 2 N–H and O–H groups in total. The van der Waals surface area contributed by atoms with Gasteiger partial charge < -0.3 is 5.11 Å². The molecule has 7 heteroatoms. The molecule has 0 heterocycles. The molecule has 20 heavy (non-hydrogen) atoms. The molecule has 0 amide bonds. The van der Waals surface area contributed by atoms with Gasteiger partial charge in [0, 0.05) is 12.6 Å². The number of benzene rings is 1. The Balaban J connectivity index is 2.17. The average Bonchev–Trinajstić information content (AvgIpc) is 3.18. The number of rotatable bonds is 6. The van der Waals surface area contributed by atoms with Crippen LogP contribution in [0.25, 0.3) is 6.08 Å². The van der Waals surface area contributed by atoms with Crippen molar-refractivity contribution in [1.29, 1.82) is 0 Å². The summed E-state index contributed by atoms with van der Waals surface area (Å²) in [7, 11) is -3.86. The molecule has 1 aromatic carbocycles. The number of hydrogen-bond donors (Lipinski definition) is 2. The molecule has 0 radical (unpaired) electrons. The zero-order valence-electron chi connectivity index (χ0n) is 10.5. The van der Waals surface area contributed by atoms with E-state index < -0.39 is 26.7 Å². The van der Waals surface area contributed by atoms with Gasteiger partial charge in [-0.15, -0.1) is 0 Å². The van der Waals surface area contributed by atoms with Gasteiger partial charge in [-0.1, -0.05) is 6.07 Å². The van der Waals surface area contributed by atoms with E-state index in [9.17, 15) is 17.6 Å². The Morgan fingerprint density at radius 2 is 2.15 bits per heavy atom. The average molecular weight is 299 g/mol. The smallest absolute Gasteiger partial charge is 0.328 e. The summed E-state index contributed by atoms with van der Waals surface area (Å²) in [5.41, 5.74) is 0.283. The number of carbonyl (C=O) groups is 1. The van der Waals surface area contributed by atoms with Gasteiger partial charge in [-0.05, 0) is 42.5 Å². The molecule has 0 atom stereocenters. The van der Waals surface area contributed by atoms with Gasteiger partial charge in [-0.3, -0.25) is 0 Å². The zero-order valence-corrected chi connectivity index (χ0v) is 11.4. The van der Waals surface area contributed by atoms with Crippen LogP contribution in [0.5, 0.6) is 0 Å². The van der Waals surface area contributed by atoms with Crippen LogP contribution in [0.3, 0.4) is 0 Å². The Hall–Kier alpha value is -1.73. The maximum atomic E-state index is 13.8. The van der Waals surface area contributed by atoms with Crippen molar-refractivity contribution in [1.82, 2.24) is 4.72 Å². The molecular formula is C13H14FNO4S. The Labute approximate surface area is 116 Å². The first-order valence-electron chi connectivity index (χ1n) is 6.09. The molecule has 0 aliphatic heterocycles. The molecular weight excluding hydrogens is 285 g/mol. The van der Waals surface area contributed by atoms with Crippen molar-refractivity contribution in [3.63, 3.8) is 0 Å². The Morgan fingerprint density at radius 1 is 1.45 bits per heavy atom. The number of hydrogen-bond acceptors (Lipinski definition) is 3. The maximum Gasteiger partial charge on any atom is 0.328 e. The minimum Gasteiger partial charge on any atom is -0.478 e. The van der Waals surface area contributed by atoms with Crippen LogP contribution in [0.4, 0.5) is 4.39 Å². The van der Waals surface area contributed by atoms with E-state index >= 15 is 0 Å². The van der Waals surface area contributed by atoms with Crippen molar-refractivity contribution in [2.45, 2.75) is 17.7 Å². The SMILES string of the molecule is O=C(O)/C=C/c1ccc(S(=O)(=O)NCC2CC2)c(F)c1. The van der Waals surface area contributed by atoms with Crippen LogP contribution in [-0.4, -0.2) is 26.0 Å². The van der Waals surface area contributed by atoms with Crippen molar-refractivity contribution in [2.75, 3.05) is 6.54 Å². The minimum absolute atomic E-state index is 0.283. The molecule has 0 spiro atoms. The Bertz CT molecular complexity index is 650. The second-order valence-corrected chi connectivity index (χ2v) is 6.39. The summed E-state index contributed by atoms with van der Waals surface area (Å²) in [5, 5.41) is 8.47. The lowest BCUT2D eigenvalue weighted by Gasteiger charge is -2.07. The van der Waals surface area contributed by atoms with Crippen molar-refractivity contribution in [2.24, 2.45) is 5.92 Å². The van der Waals surface area contributed by atoms with Crippen LogP contribution in [0, 0.1) is 11.7 Å². The van der Waals surface area contributed by atoms with E-state index in [1.54, 1.807) is 0 Å². The lowest BCUT2D eigenvalue weighted by molar-refractivity contribution is -0.131. The third-order valence-electron chi connectivity index (χ3n) is 2.92. The van der Waals surface area contributed by atoms with Gasteiger partial charge in [0.25, 0.3) is 0 Å². The van der Waals surface area contributed by atoms with Crippen LogP contribution in [0.2, 0.25) is 0 Å².